The predicted molar refractivity (Wildman–Crippen MR) is 207 cm³/mol. The maximum absolute atomic E-state index is 12.8. The summed E-state index contributed by atoms with van der Waals surface area (Å²) in [6.07, 6.45) is 21.9. The molecule has 0 saturated heterocycles. The summed E-state index contributed by atoms with van der Waals surface area (Å²) in [5.74, 6) is 6.84. The number of nitrogens with two attached hydrogens (primary N) is 1. The third kappa shape index (κ3) is 6.09. The number of ether oxygens (including phenoxy) is 2. The molecule has 4 saturated carbocycles. The molecule has 0 aromatic heterocycles. The highest BCUT2D eigenvalue weighted by molar-refractivity contribution is 5.89. The summed E-state index contributed by atoms with van der Waals surface area (Å²) < 4.78 is 11.2. The zero-order chi connectivity index (χ0) is 38.9. The first-order valence-corrected chi connectivity index (χ1v) is 20.3. The molecule has 55 heavy (non-hydrogen) atoms. The fourth-order valence-electron chi connectivity index (χ4n) is 12.7. The van der Waals surface area contributed by atoms with Gasteiger partial charge in [-0.25, -0.2) is 4.79 Å². The molecule has 5 N–H and O–H groups in total. The molecule has 0 spiro atoms. The number of carbonyl (C=O) groups excluding carboxylic acids is 3. The van der Waals surface area contributed by atoms with Gasteiger partial charge in [0.1, 0.15) is 29.2 Å². The van der Waals surface area contributed by atoms with Crippen LogP contribution in [0, 0.1) is 59.2 Å². The van der Waals surface area contributed by atoms with Crippen LogP contribution in [0.3, 0.4) is 0 Å². The third-order valence-corrected chi connectivity index (χ3v) is 15.8. The Bertz CT molecular complexity index is 2000. The van der Waals surface area contributed by atoms with Crippen LogP contribution < -0.4 is 20.5 Å². The highest BCUT2D eigenvalue weighted by atomic mass is 16.5. The quantitative estimate of drug-likeness (QED) is 0.166. The Kier molecular flexibility index (Phi) is 9.47. The van der Waals surface area contributed by atoms with E-state index in [1.165, 1.54) is 11.1 Å². The van der Waals surface area contributed by atoms with Crippen LogP contribution in [0.5, 0.6) is 11.5 Å². The number of aryl methyl sites for hydroxylation is 2. The summed E-state index contributed by atoms with van der Waals surface area (Å²) in [5.41, 5.74) is 8.35. The lowest BCUT2D eigenvalue weighted by Gasteiger charge is -2.52. The van der Waals surface area contributed by atoms with Gasteiger partial charge in [-0.1, -0.05) is 37.8 Å². The molecule has 0 aliphatic heterocycles. The lowest BCUT2D eigenvalue weighted by atomic mass is 9.53. The second-order valence-corrected chi connectivity index (χ2v) is 18.0. The van der Waals surface area contributed by atoms with Crippen LogP contribution in [0.1, 0.15) is 119 Å². The number of benzene rings is 2. The second kappa shape index (κ2) is 13.8. The average molecular weight is 747 g/mol. The number of rotatable bonds is 7. The van der Waals surface area contributed by atoms with E-state index in [2.05, 4.69) is 43.1 Å². The highest BCUT2D eigenvalue weighted by Crippen LogP contribution is 2.65. The number of hydrogen-bond acceptors (Lipinski definition) is 8. The normalized spacial score (nSPS) is 37.2. The Hall–Kier alpha value is -4.15. The maximum atomic E-state index is 12.8. The Labute approximate surface area is 324 Å². The van der Waals surface area contributed by atoms with Crippen LogP contribution in [0.2, 0.25) is 0 Å². The molecule has 2 aromatic carbocycles. The third-order valence-electron chi connectivity index (χ3n) is 15.8. The van der Waals surface area contributed by atoms with E-state index in [1.54, 1.807) is 6.07 Å². The smallest absolute Gasteiger partial charge is 0.330 e. The van der Waals surface area contributed by atoms with E-state index in [0.717, 1.165) is 75.3 Å². The van der Waals surface area contributed by atoms with Crippen molar-refractivity contribution < 1.29 is 34.1 Å². The molecule has 290 valence electrons. The van der Waals surface area contributed by atoms with Crippen molar-refractivity contribution in [2.45, 2.75) is 126 Å². The molecule has 9 heteroatoms. The number of esters is 2. The number of nitrogens with one attached hydrogen (secondary N) is 1. The molecule has 11 atom stereocenters. The number of terminal acetylenes is 2. The van der Waals surface area contributed by atoms with Crippen LogP contribution >= 0.6 is 0 Å². The van der Waals surface area contributed by atoms with Crippen LogP contribution in [-0.2, 0) is 27.2 Å². The van der Waals surface area contributed by atoms with E-state index in [-0.39, 0.29) is 17.3 Å². The van der Waals surface area contributed by atoms with Gasteiger partial charge >= 0.3 is 11.9 Å². The van der Waals surface area contributed by atoms with Gasteiger partial charge in [0, 0.05) is 10.8 Å². The molecule has 2 aromatic rings. The summed E-state index contributed by atoms with van der Waals surface area (Å²) in [6, 6.07) is 10.4. The van der Waals surface area contributed by atoms with Crippen LogP contribution in [0.25, 0.3) is 0 Å². The Balaban J connectivity index is 0.808. The first-order valence-electron chi connectivity index (χ1n) is 20.3. The molecule has 0 bridgehead atoms. The van der Waals surface area contributed by atoms with Crippen molar-refractivity contribution in [2.24, 2.45) is 40.2 Å². The average Bonchev–Trinajstić information content (AvgIpc) is 3.61. The molecule has 6 aliphatic rings. The lowest BCUT2D eigenvalue weighted by Crippen LogP contribution is -2.50. The number of carbonyl (C=O) groups is 3. The highest BCUT2D eigenvalue weighted by Gasteiger charge is 2.62. The predicted octanol–water partition coefficient (Wildman–Crippen LogP) is 5.47. The van der Waals surface area contributed by atoms with Crippen LogP contribution in [-0.4, -0.2) is 51.8 Å². The number of amides is 1. The fraction of sp³-hybridized carbons (Fsp3) is 0.587. The molecule has 1 amide bonds. The summed E-state index contributed by atoms with van der Waals surface area (Å²) in [5, 5.41) is 24.9. The molecule has 11 unspecified atom stereocenters. The van der Waals surface area contributed by atoms with E-state index < -0.39 is 41.6 Å². The molecule has 0 heterocycles. The molecule has 4 fully saturated rings. The van der Waals surface area contributed by atoms with Crippen molar-refractivity contribution in [1.82, 2.24) is 5.32 Å². The van der Waals surface area contributed by atoms with Crippen molar-refractivity contribution in [2.75, 3.05) is 6.54 Å². The first kappa shape index (κ1) is 37.8. The minimum atomic E-state index is -1.20. The molecule has 8 rings (SSSR count). The maximum Gasteiger partial charge on any atom is 0.330 e. The molecule has 0 radical (unpaired) electrons. The zero-order valence-electron chi connectivity index (χ0n) is 32.1. The summed E-state index contributed by atoms with van der Waals surface area (Å²) in [6.45, 7) is 3.95. The summed E-state index contributed by atoms with van der Waals surface area (Å²) >= 11 is 0. The van der Waals surface area contributed by atoms with Gasteiger partial charge in [0.25, 0.3) is 0 Å². The zero-order valence-corrected chi connectivity index (χ0v) is 32.1. The van der Waals surface area contributed by atoms with E-state index in [0.29, 0.717) is 59.8 Å². The van der Waals surface area contributed by atoms with Gasteiger partial charge in [0.15, 0.2) is 0 Å². The van der Waals surface area contributed by atoms with Gasteiger partial charge in [-0.05, 0) is 159 Å². The van der Waals surface area contributed by atoms with Gasteiger partial charge in [-0.2, -0.15) is 0 Å². The molecule has 6 aliphatic carbocycles. The van der Waals surface area contributed by atoms with E-state index >= 15 is 0 Å². The summed E-state index contributed by atoms with van der Waals surface area (Å²) in [4.78, 5) is 38.3. The van der Waals surface area contributed by atoms with Crippen molar-refractivity contribution in [3.63, 3.8) is 0 Å². The second-order valence-electron chi connectivity index (χ2n) is 18.0. The standard InChI is InChI=1S/C46H54N2O7/c1-5-45(52)21-17-37-35-11-7-27-23-29(9-13-31(27)33(35)15-19-43(37,45)3)54-40(49)25-39(47)42(51)48-26-41(50)55-30-10-14-32-28(24-30)8-12-36-34(32)16-20-44(4)38(36)18-22-46(44,53)6-2/h1-2,9-10,13-14,23-24,33-39,52-53H,7-8,11-12,15-22,25-26,47H2,3-4H3,(H,48,51). The fourth-order valence-corrected chi connectivity index (χ4v) is 12.7. The van der Waals surface area contributed by atoms with E-state index in [9.17, 15) is 24.6 Å². The number of fused-ring (bicyclic) bond motifs is 10. The summed E-state index contributed by atoms with van der Waals surface area (Å²) in [7, 11) is 0. The minimum Gasteiger partial charge on any atom is -0.426 e. The number of hydrogen-bond donors (Lipinski definition) is 4. The van der Waals surface area contributed by atoms with Crippen LogP contribution in [0.15, 0.2) is 36.4 Å². The SMILES string of the molecule is C#CC1(O)CCC2C3CCc4cc(OC(=O)CNC(=O)C(N)CC(=O)Oc5ccc6c(c5)CCC5C6CCC6(C)C5CCC6(O)C#C)ccc4C3CCC21C. The minimum absolute atomic E-state index is 0.259. The van der Waals surface area contributed by atoms with Gasteiger partial charge in [-0.3, -0.25) is 9.59 Å². The van der Waals surface area contributed by atoms with Crippen molar-refractivity contribution in [3.05, 3.63) is 58.7 Å². The Morgan fingerprint density at radius 2 is 1.24 bits per heavy atom. The lowest BCUT2D eigenvalue weighted by molar-refractivity contribution is -0.138. The first-order chi connectivity index (χ1) is 26.2. The molecule has 9 nitrogen and oxygen atoms in total. The molecular weight excluding hydrogens is 693 g/mol. The van der Waals surface area contributed by atoms with E-state index in [1.807, 2.05) is 18.2 Å². The Morgan fingerprint density at radius 3 is 1.71 bits per heavy atom. The van der Waals surface area contributed by atoms with Gasteiger partial charge in [0.2, 0.25) is 5.91 Å². The van der Waals surface area contributed by atoms with Gasteiger partial charge in [-0.15, -0.1) is 12.8 Å². The van der Waals surface area contributed by atoms with Gasteiger partial charge in [0.05, 0.1) is 12.5 Å². The van der Waals surface area contributed by atoms with Crippen molar-refractivity contribution in [3.8, 4) is 36.2 Å². The van der Waals surface area contributed by atoms with Crippen molar-refractivity contribution >= 4 is 17.8 Å². The largest absolute Gasteiger partial charge is 0.426 e. The van der Waals surface area contributed by atoms with Gasteiger partial charge < -0.3 is 30.7 Å². The van der Waals surface area contributed by atoms with Crippen molar-refractivity contribution in [1.29, 1.82) is 0 Å². The Morgan fingerprint density at radius 1 is 0.764 bits per heavy atom. The molecular formula is C46H54N2O7. The topological polar surface area (TPSA) is 148 Å². The number of aliphatic hydroxyl groups is 2. The van der Waals surface area contributed by atoms with Crippen LogP contribution in [0.4, 0.5) is 0 Å². The van der Waals surface area contributed by atoms with E-state index in [4.69, 9.17) is 28.1 Å². The monoisotopic (exact) mass is 746 g/mol.